The maximum Gasteiger partial charge on any atom is 0.225 e. The van der Waals surface area contributed by atoms with Crippen LogP contribution in [-0.2, 0) is 17.8 Å². The number of aromatic nitrogens is 2. The van der Waals surface area contributed by atoms with Crippen LogP contribution in [0, 0.1) is 5.92 Å². The summed E-state index contributed by atoms with van der Waals surface area (Å²) in [6.45, 7) is 1.03. The molecule has 0 unspecified atom stereocenters. The number of hydrogen-bond acceptors (Lipinski definition) is 5. The van der Waals surface area contributed by atoms with Gasteiger partial charge in [0.25, 0.3) is 0 Å². The first-order valence-corrected chi connectivity index (χ1v) is 9.56. The third-order valence-electron chi connectivity index (χ3n) is 5.61. The Balaban J connectivity index is 1.59. The van der Waals surface area contributed by atoms with Gasteiger partial charge in [-0.15, -0.1) is 0 Å². The van der Waals surface area contributed by atoms with Gasteiger partial charge in [-0.1, -0.05) is 11.6 Å². The summed E-state index contributed by atoms with van der Waals surface area (Å²) in [5.41, 5.74) is 2.77. The van der Waals surface area contributed by atoms with E-state index in [4.69, 9.17) is 11.6 Å². The maximum absolute atomic E-state index is 12.9. The first-order chi connectivity index (χ1) is 12.9. The van der Waals surface area contributed by atoms with E-state index in [-0.39, 0.29) is 34.5 Å². The van der Waals surface area contributed by atoms with E-state index in [1.165, 1.54) is 12.1 Å². The second kappa shape index (κ2) is 7.05. The average Bonchev–Trinajstić information content (AvgIpc) is 3.07. The lowest BCUT2D eigenvalue weighted by molar-refractivity contribution is -0.138. The second-order valence-corrected chi connectivity index (χ2v) is 7.77. The van der Waals surface area contributed by atoms with Crippen LogP contribution in [0.15, 0.2) is 12.1 Å². The molecule has 7 nitrogen and oxygen atoms in total. The molecule has 1 aliphatic carbocycles. The molecule has 0 bridgehead atoms. The number of halogens is 1. The minimum Gasteiger partial charge on any atom is -0.507 e. The third kappa shape index (κ3) is 3.37. The topological polar surface area (TPSA) is 110 Å². The first-order valence-electron chi connectivity index (χ1n) is 9.19. The molecule has 1 saturated carbocycles. The third-order valence-corrected chi connectivity index (χ3v) is 5.91. The molecule has 0 atom stereocenters. The number of aromatic hydroxyl groups is 2. The Bertz CT molecular complexity index is 874. The molecule has 4 N–H and O–H groups in total. The molecule has 1 amide bonds. The standard InChI is InChI=1S/C19H22ClN3O4/c20-14-7-12(16(25)8-17(14)26)18-13-9-23(6-5-15(13)21-22-18)19(27)10-1-3-11(24)4-2-10/h7-8,10-11,24-26H,1-6,9H2,(H,21,22). The van der Waals surface area contributed by atoms with Crippen molar-refractivity contribution >= 4 is 17.5 Å². The van der Waals surface area contributed by atoms with Gasteiger partial charge in [-0.05, 0) is 31.7 Å². The van der Waals surface area contributed by atoms with Gasteiger partial charge in [-0.3, -0.25) is 9.89 Å². The zero-order valence-electron chi connectivity index (χ0n) is 14.8. The summed E-state index contributed by atoms with van der Waals surface area (Å²) >= 11 is 5.99. The molecule has 144 valence electrons. The van der Waals surface area contributed by atoms with Crippen LogP contribution in [0.2, 0.25) is 5.02 Å². The highest BCUT2D eigenvalue weighted by Gasteiger charge is 2.32. The number of phenols is 2. The van der Waals surface area contributed by atoms with Crippen molar-refractivity contribution in [1.29, 1.82) is 0 Å². The smallest absolute Gasteiger partial charge is 0.225 e. The largest absolute Gasteiger partial charge is 0.507 e. The van der Waals surface area contributed by atoms with Gasteiger partial charge in [0.1, 0.15) is 17.2 Å². The van der Waals surface area contributed by atoms with Crippen molar-refractivity contribution in [2.24, 2.45) is 5.92 Å². The summed E-state index contributed by atoms with van der Waals surface area (Å²) in [6.07, 6.45) is 3.16. The Morgan fingerprint density at radius 1 is 1.19 bits per heavy atom. The summed E-state index contributed by atoms with van der Waals surface area (Å²) in [6, 6.07) is 2.67. The molecular formula is C19H22ClN3O4. The number of aromatic amines is 1. The predicted octanol–water partition coefficient (Wildman–Crippen LogP) is 2.58. The molecule has 27 heavy (non-hydrogen) atoms. The van der Waals surface area contributed by atoms with Crippen molar-refractivity contribution in [3.05, 3.63) is 28.4 Å². The number of aliphatic hydroxyl groups is 1. The Morgan fingerprint density at radius 3 is 2.67 bits per heavy atom. The van der Waals surface area contributed by atoms with Gasteiger partial charge >= 0.3 is 0 Å². The predicted molar refractivity (Wildman–Crippen MR) is 99.4 cm³/mol. The average molecular weight is 392 g/mol. The SMILES string of the molecule is O=C(C1CCC(O)CC1)N1CCc2[nH]nc(-c3cc(Cl)c(O)cc3O)c2C1. The molecular weight excluding hydrogens is 370 g/mol. The second-order valence-electron chi connectivity index (χ2n) is 7.37. The van der Waals surface area contributed by atoms with Crippen LogP contribution >= 0.6 is 11.6 Å². The molecule has 1 fully saturated rings. The van der Waals surface area contributed by atoms with Crippen molar-refractivity contribution in [3.8, 4) is 22.8 Å². The van der Waals surface area contributed by atoms with Crippen molar-refractivity contribution in [1.82, 2.24) is 15.1 Å². The van der Waals surface area contributed by atoms with Gasteiger partial charge in [-0.25, -0.2) is 0 Å². The first kappa shape index (κ1) is 18.1. The summed E-state index contributed by atoms with van der Waals surface area (Å²) in [5.74, 6) is -0.232. The number of nitrogens with zero attached hydrogens (tertiary/aromatic N) is 2. The molecule has 2 aromatic rings. The van der Waals surface area contributed by atoms with E-state index in [0.29, 0.717) is 43.6 Å². The number of benzene rings is 1. The fourth-order valence-corrected chi connectivity index (χ4v) is 4.19. The fourth-order valence-electron chi connectivity index (χ4n) is 4.03. The molecule has 2 heterocycles. The van der Waals surface area contributed by atoms with Crippen LogP contribution < -0.4 is 0 Å². The lowest BCUT2D eigenvalue weighted by atomic mass is 9.86. The number of carbonyl (C=O) groups excluding carboxylic acids is 1. The molecule has 8 heteroatoms. The number of phenolic OH excluding ortho intramolecular Hbond substituents is 2. The van der Waals surface area contributed by atoms with E-state index in [2.05, 4.69) is 10.2 Å². The summed E-state index contributed by atoms with van der Waals surface area (Å²) in [5, 5.41) is 37.0. The van der Waals surface area contributed by atoms with Crippen LogP contribution in [0.5, 0.6) is 11.5 Å². The molecule has 1 aromatic heterocycles. The van der Waals surface area contributed by atoms with E-state index in [9.17, 15) is 20.1 Å². The van der Waals surface area contributed by atoms with Crippen LogP contribution in [-0.4, -0.2) is 49.0 Å². The van der Waals surface area contributed by atoms with E-state index in [1.807, 2.05) is 4.90 Å². The normalized spacial score (nSPS) is 22.5. The number of fused-ring (bicyclic) bond motifs is 1. The van der Waals surface area contributed by atoms with Crippen molar-refractivity contribution in [2.45, 2.75) is 44.8 Å². The number of aliphatic hydroxyl groups excluding tert-OH is 1. The Kier molecular flexibility index (Phi) is 4.74. The van der Waals surface area contributed by atoms with Gasteiger partial charge in [0.15, 0.2) is 0 Å². The quantitative estimate of drug-likeness (QED) is 0.629. The number of H-pyrrole nitrogens is 1. The Hall–Kier alpha value is -2.25. The molecule has 1 aliphatic heterocycles. The highest BCUT2D eigenvalue weighted by atomic mass is 35.5. The number of carbonyl (C=O) groups is 1. The van der Waals surface area contributed by atoms with Crippen molar-refractivity contribution in [3.63, 3.8) is 0 Å². The molecule has 4 rings (SSSR count). The van der Waals surface area contributed by atoms with Gasteiger partial charge in [-0.2, -0.15) is 5.10 Å². The maximum atomic E-state index is 12.9. The van der Waals surface area contributed by atoms with Crippen LogP contribution in [0.1, 0.15) is 36.9 Å². The number of amides is 1. The molecule has 0 radical (unpaired) electrons. The summed E-state index contributed by atoms with van der Waals surface area (Å²) in [4.78, 5) is 14.8. The summed E-state index contributed by atoms with van der Waals surface area (Å²) < 4.78 is 0. The van der Waals surface area contributed by atoms with Crippen molar-refractivity contribution in [2.75, 3.05) is 6.54 Å². The summed E-state index contributed by atoms with van der Waals surface area (Å²) in [7, 11) is 0. The van der Waals surface area contributed by atoms with E-state index in [0.717, 1.165) is 24.1 Å². The lowest BCUT2D eigenvalue weighted by Gasteiger charge is -2.33. The van der Waals surface area contributed by atoms with Crippen LogP contribution in [0.4, 0.5) is 0 Å². The zero-order chi connectivity index (χ0) is 19.1. The van der Waals surface area contributed by atoms with Gasteiger partial charge in [0.05, 0.1) is 11.1 Å². The van der Waals surface area contributed by atoms with Crippen LogP contribution in [0.3, 0.4) is 0 Å². The van der Waals surface area contributed by atoms with E-state index < -0.39 is 0 Å². The van der Waals surface area contributed by atoms with E-state index >= 15 is 0 Å². The van der Waals surface area contributed by atoms with Gasteiger partial charge in [0.2, 0.25) is 5.91 Å². The number of hydrogen-bond donors (Lipinski definition) is 4. The van der Waals surface area contributed by atoms with E-state index in [1.54, 1.807) is 0 Å². The number of nitrogens with one attached hydrogen (secondary N) is 1. The molecule has 0 spiro atoms. The number of rotatable bonds is 2. The minimum atomic E-state index is -0.287. The minimum absolute atomic E-state index is 0.0400. The fraction of sp³-hybridized carbons (Fsp3) is 0.474. The highest BCUT2D eigenvalue weighted by Crippen LogP contribution is 2.39. The van der Waals surface area contributed by atoms with Crippen molar-refractivity contribution < 1.29 is 20.1 Å². The highest BCUT2D eigenvalue weighted by molar-refractivity contribution is 6.32. The molecule has 0 saturated heterocycles. The van der Waals surface area contributed by atoms with Gasteiger partial charge in [0, 0.05) is 48.3 Å². The van der Waals surface area contributed by atoms with Crippen LogP contribution in [0.25, 0.3) is 11.3 Å². The molecule has 2 aliphatic rings. The lowest BCUT2D eigenvalue weighted by Crippen LogP contribution is -2.41. The Morgan fingerprint density at radius 2 is 1.93 bits per heavy atom. The zero-order valence-corrected chi connectivity index (χ0v) is 15.5. The molecule has 1 aromatic carbocycles. The monoisotopic (exact) mass is 391 g/mol. The Labute approximate surface area is 161 Å². The van der Waals surface area contributed by atoms with Gasteiger partial charge < -0.3 is 20.2 Å².